The van der Waals surface area contributed by atoms with Crippen molar-refractivity contribution in [2.45, 2.75) is 0 Å². The summed E-state index contributed by atoms with van der Waals surface area (Å²) in [7, 11) is 1.61. The normalized spacial score (nSPS) is 11.5. The van der Waals surface area contributed by atoms with Crippen molar-refractivity contribution in [2.24, 2.45) is 0 Å². The second kappa shape index (κ2) is 8.03. The van der Waals surface area contributed by atoms with Crippen molar-refractivity contribution in [3.8, 4) is 11.4 Å². The van der Waals surface area contributed by atoms with E-state index in [0.717, 1.165) is 20.0 Å². The smallest absolute Gasteiger partial charge is 0.266 e. The largest absolute Gasteiger partial charge is 0.497 e. The van der Waals surface area contributed by atoms with Crippen molar-refractivity contribution in [2.75, 3.05) is 7.11 Å². The summed E-state index contributed by atoms with van der Waals surface area (Å²) < 4.78 is 7.99. The van der Waals surface area contributed by atoms with Crippen molar-refractivity contribution in [1.29, 1.82) is 0 Å². The van der Waals surface area contributed by atoms with Crippen LogP contribution in [0, 0.1) is 3.57 Å². The van der Waals surface area contributed by atoms with Crippen molar-refractivity contribution < 1.29 is 4.74 Å². The summed E-state index contributed by atoms with van der Waals surface area (Å²) in [5.74, 6) is 1.23. The molecular weight excluding hydrogens is 501 g/mol. The summed E-state index contributed by atoms with van der Waals surface area (Å²) in [4.78, 5) is 21.6. The molecule has 0 unspecified atom stereocenters. The first-order valence-corrected chi connectivity index (χ1v) is 10.8. The summed E-state index contributed by atoms with van der Waals surface area (Å²) in [6.45, 7) is 0. The molecule has 152 valence electrons. The number of hydrogen-bond donors (Lipinski definition) is 1. The minimum atomic E-state index is -0.115. The molecule has 6 heteroatoms. The summed E-state index contributed by atoms with van der Waals surface area (Å²) in [6, 6.07) is 21.3. The molecule has 0 radical (unpaired) electrons. The van der Waals surface area contributed by atoms with Crippen LogP contribution in [0.3, 0.4) is 0 Å². The molecule has 0 atom stereocenters. The van der Waals surface area contributed by atoms with Gasteiger partial charge < -0.3 is 9.72 Å². The Morgan fingerprint density at radius 2 is 1.87 bits per heavy atom. The lowest BCUT2D eigenvalue weighted by Gasteiger charge is -2.12. The molecule has 0 bridgehead atoms. The second-order valence-corrected chi connectivity index (χ2v) is 8.34. The monoisotopic (exact) mass is 519 g/mol. The molecule has 5 aromatic rings. The molecule has 5 rings (SSSR count). The van der Waals surface area contributed by atoms with E-state index in [-0.39, 0.29) is 5.56 Å². The Hall–Kier alpha value is -3.39. The molecule has 0 aliphatic heterocycles. The Morgan fingerprint density at radius 3 is 2.74 bits per heavy atom. The van der Waals surface area contributed by atoms with Crippen molar-refractivity contribution in [1.82, 2.24) is 14.5 Å². The van der Waals surface area contributed by atoms with E-state index >= 15 is 0 Å². The van der Waals surface area contributed by atoms with Crippen LogP contribution in [0.15, 0.2) is 77.7 Å². The Bertz CT molecular complexity index is 1510. The zero-order chi connectivity index (χ0) is 21.4. The highest BCUT2D eigenvalue weighted by atomic mass is 127. The van der Waals surface area contributed by atoms with E-state index in [2.05, 4.69) is 33.6 Å². The van der Waals surface area contributed by atoms with Crippen molar-refractivity contribution in [3.05, 3.63) is 98.2 Å². The maximum atomic E-state index is 13.5. The van der Waals surface area contributed by atoms with Gasteiger partial charge in [-0.1, -0.05) is 24.3 Å². The van der Waals surface area contributed by atoms with E-state index < -0.39 is 0 Å². The van der Waals surface area contributed by atoms with Crippen molar-refractivity contribution >= 4 is 56.5 Å². The number of halogens is 1. The van der Waals surface area contributed by atoms with Gasteiger partial charge in [0.25, 0.3) is 5.56 Å². The first-order valence-electron chi connectivity index (χ1n) is 9.75. The molecule has 31 heavy (non-hydrogen) atoms. The summed E-state index contributed by atoms with van der Waals surface area (Å²) in [5, 5.41) is 1.70. The van der Waals surface area contributed by atoms with E-state index in [1.54, 1.807) is 11.7 Å². The summed E-state index contributed by atoms with van der Waals surface area (Å²) in [6.07, 6.45) is 5.82. The van der Waals surface area contributed by atoms with E-state index in [9.17, 15) is 4.79 Å². The molecule has 0 saturated carbocycles. The molecule has 0 fully saturated rings. The number of fused-ring (bicyclic) bond motifs is 2. The number of para-hydroxylation sites is 1. The third kappa shape index (κ3) is 3.63. The first-order chi connectivity index (χ1) is 15.1. The van der Waals surface area contributed by atoms with E-state index in [4.69, 9.17) is 9.72 Å². The predicted octanol–water partition coefficient (Wildman–Crippen LogP) is 5.65. The van der Waals surface area contributed by atoms with Crippen LogP contribution in [-0.2, 0) is 0 Å². The summed E-state index contributed by atoms with van der Waals surface area (Å²) >= 11 is 2.21. The standard InChI is InChI=1S/C25H18IN3O2/c1-31-19-6-4-5-18(14-19)29-24(28-23-11-10-17(26)13-21(23)25(29)30)12-9-16-15-27-22-8-3-2-7-20(16)22/h2-15,27H,1H3. The van der Waals surface area contributed by atoms with Gasteiger partial charge in [0.1, 0.15) is 11.6 Å². The lowest BCUT2D eigenvalue weighted by Crippen LogP contribution is -2.22. The van der Waals surface area contributed by atoms with Crippen LogP contribution in [0.2, 0.25) is 0 Å². The maximum Gasteiger partial charge on any atom is 0.266 e. The minimum absolute atomic E-state index is 0.115. The lowest BCUT2D eigenvalue weighted by atomic mass is 10.1. The van der Waals surface area contributed by atoms with E-state index in [1.165, 1.54) is 0 Å². The molecular formula is C25H18IN3O2. The number of aromatic nitrogens is 3. The van der Waals surface area contributed by atoms with Gasteiger partial charge in [-0.3, -0.25) is 9.36 Å². The Labute approximate surface area is 192 Å². The topological polar surface area (TPSA) is 59.9 Å². The highest BCUT2D eigenvalue weighted by Gasteiger charge is 2.12. The number of benzene rings is 3. The second-order valence-electron chi connectivity index (χ2n) is 7.10. The van der Waals surface area contributed by atoms with Gasteiger partial charge in [-0.2, -0.15) is 0 Å². The fourth-order valence-electron chi connectivity index (χ4n) is 3.68. The molecule has 5 nitrogen and oxygen atoms in total. The van der Waals surface area contributed by atoms with Crippen LogP contribution in [0.1, 0.15) is 11.4 Å². The Morgan fingerprint density at radius 1 is 1.00 bits per heavy atom. The van der Waals surface area contributed by atoms with Crippen LogP contribution in [-0.4, -0.2) is 21.6 Å². The fourth-order valence-corrected chi connectivity index (χ4v) is 4.17. The Balaban J connectivity index is 1.74. The molecule has 3 aromatic carbocycles. The lowest BCUT2D eigenvalue weighted by molar-refractivity contribution is 0.414. The van der Waals surface area contributed by atoms with Gasteiger partial charge in [0.15, 0.2) is 0 Å². The SMILES string of the molecule is COc1cccc(-n2c(C=Cc3c[nH]c4ccccc34)nc3ccc(I)cc3c2=O)c1. The molecule has 0 aliphatic carbocycles. The number of methoxy groups -OCH3 is 1. The average molecular weight is 519 g/mol. The van der Waals surface area contributed by atoms with Crippen molar-refractivity contribution in [3.63, 3.8) is 0 Å². The van der Waals surface area contributed by atoms with E-state index in [1.807, 2.05) is 79.0 Å². The maximum absolute atomic E-state index is 13.5. The molecule has 2 aromatic heterocycles. The number of aromatic amines is 1. The molecule has 0 saturated heterocycles. The van der Waals surface area contributed by atoms with Gasteiger partial charge in [-0.05, 0) is 76.7 Å². The molecule has 0 aliphatic rings. The molecule has 0 amide bonds. The van der Waals surface area contributed by atoms with Crippen LogP contribution < -0.4 is 10.3 Å². The molecule has 2 heterocycles. The molecule has 0 spiro atoms. The fraction of sp³-hybridized carbons (Fsp3) is 0.0400. The number of nitrogens with zero attached hydrogens (tertiary/aromatic N) is 2. The first kappa shape index (κ1) is 19.6. The van der Waals surface area contributed by atoms with Crippen LogP contribution >= 0.6 is 22.6 Å². The van der Waals surface area contributed by atoms with Gasteiger partial charge in [0.2, 0.25) is 0 Å². The third-order valence-electron chi connectivity index (χ3n) is 5.20. The highest BCUT2D eigenvalue weighted by molar-refractivity contribution is 14.1. The number of nitrogens with one attached hydrogen (secondary N) is 1. The number of hydrogen-bond acceptors (Lipinski definition) is 3. The van der Waals surface area contributed by atoms with Gasteiger partial charge in [0, 0.05) is 26.7 Å². The van der Waals surface area contributed by atoms with Crippen LogP contribution in [0.4, 0.5) is 0 Å². The summed E-state index contributed by atoms with van der Waals surface area (Å²) in [5.41, 5.74) is 3.35. The zero-order valence-corrected chi connectivity index (χ0v) is 18.8. The highest BCUT2D eigenvalue weighted by Crippen LogP contribution is 2.22. The van der Waals surface area contributed by atoms with Gasteiger partial charge in [-0.15, -0.1) is 0 Å². The number of H-pyrrole nitrogens is 1. The van der Waals surface area contributed by atoms with Gasteiger partial charge >= 0.3 is 0 Å². The van der Waals surface area contributed by atoms with E-state index in [0.29, 0.717) is 28.2 Å². The Kier molecular flexibility index (Phi) is 5.07. The number of ether oxygens (including phenoxy) is 1. The van der Waals surface area contributed by atoms with Crippen LogP contribution in [0.5, 0.6) is 5.75 Å². The van der Waals surface area contributed by atoms with Gasteiger partial charge in [0.05, 0.1) is 23.7 Å². The zero-order valence-electron chi connectivity index (χ0n) is 16.7. The molecule has 1 N–H and O–H groups in total. The third-order valence-corrected chi connectivity index (χ3v) is 5.87. The quantitative estimate of drug-likeness (QED) is 0.312. The minimum Gasteiger partial charge on any atom is -0.497 e. The predicted molar refractivity (Wildman–Crippen MR) is 134 cm³/mol. The number of rotatable bonds is 4. The van der Waals surface area contributed by atoms with Gasteiger partial charge in [-0.25, -0.2) is 4.98 Å². The van der Waals surface area contributed by atoms with Crippen LogP contribution in [0.25, 0.3) is 39.6 Å². The average Bonchev–Trinajstić information content (AvgIpc) is 3.21.